The topological polar surface area (TPSA) is 33.6 Å². The standard InChI is InChI=1S/C19H16N3/c1-14-7-10-19(16-5-3-2-4-6-16)22(14)12-15-8-9-17-18(11-15)21-13-20-17/h2-6,8-11,13H,12H2,1H3,(H,20,21). The summed E-state index contributed by atoms with van der Waals surface area (Å²) >= 11 is 0. The molecule has 0 atom stereocenters. The Kier molecular flexibility index (Phi) is 3.04. The third-order valence-corrected chi connectivity index (χ3v) is 4.01. The minimum absolute atomic E-state index is 0.822. The second-order valence-corrected chi connectivity index (χ2v) is 5.47. The van der Waals surface area contributed by atoms with Crippen molar-refractivity contribution in [2.75, 3.05) is 0 Å². The van der Waals surface area contributed by atoms with Crippen LogP contribution in [0.4, 0.5) is 0 Å². The molecule has 0 spiro atoms. The Hall–Kier alpha value is -2.81. The predicted octanol–water partition coefficient (Wildman–Crippen LogP) is 4.19. The molecule has 4 aromatic rings. The molecule has 0 unspecified atom stereocenters. The van der Waals surface area contributed by atoms with Crippen molar-refractivity contribution in [1.82, 2.24) is 14.5 Å². The quantitative estimate of drug-likeness (QED) is 0.602. The van der Waals surface area contributed by atoms with Gasteiger partial charge in [0.1, 0.15) is 0 Å². The van der Waals surface area contributed by atoms with Crippen LogP contribution in [-0.4, -0.2) is 14.5 Å². The fourth-order valence-corrected chi connectivity index (χ4v) is 2.82. The van der Waals surface area contributed by atoms with Crippen molar-refractivity contribution >= 4 is 11.0 Å². The van der Waals surface area contributed by atoms with Gasteiger partial charge in [-0.1, -0.05) is 36.4 Å². The van der Waals surface area contributed by atoms with E-state index in [4.69, 9.17) is 0 Å². The number of aromatic nitrogens is 3. The first kappa shape index (κ1) is 12.9. The first-order valence-corrected chi connectivity index (χ1v) is 7.36. The summed E-state index contributed by atoms with van der Waals surface area (Å²) in [6.07, 6.45) is 1.73. The normalized spacial score (nSPS) is 11.1. The highest BCUT2D eigenvalue weighted by atomic mass is 15.0. The van der Waals surface area contributed by atoms with Crippen molar-refractivity contribution in [2.24, 2.45) is 0 Å². The molecule has 2 aromatic carbocycles. The molecular weight excluding hydrogens is 270 g/mol. The van der Waals surface area contributed by atoms with Crippen LogP contribution in [0.3, 0.4) is 0 Å². The number of nitrogens with zero attached hydrogens (tertiary/aromatic N) is 2. The number of imidazole rings is 1. The Morgan fingerprint density at radius 2 is 2.00 bits per heavy atom. The van der Waals surface area contributed by atoms with Crippen LogP contribution < -0.4 is 0 Å². The summed E-state index contributed by atoms with van der Waals surface area (Å²) in [6.45, 7) is 2.92. The van der Waals surface area contributed by atoms with Gasteiger partial charge >= 0.3 is 0 Å². The van der Waals surface area contributed by atoms with Crippen molar-refractivity contribution in [2.45, 2.75) is 13.5 Å². The number of aromatic amines is 1. The molecule has 0 amide bonds. The number of benzene rings is 2. The zero-order chi connectivity index (χ0) is 14.9. The molecule has 0 fully saturated rings. The number of fused-ring (bicyclic) bond motifs is 1. The van der Waals surface area contributed by atoms with E-state index in [9.17, 15) is 0 Å². The first-order chi connectivity index (χ1) is 10.8. The van der Waals surface area contributed by atoms with Gasteiger partial charge in [0.15, 0.2) is 0 Å². The SMILES string of the molecule is Cc1[c]cc(-c2ccccc2)n1Cc1ccc2[nH]cnc2c1. The molecule has 3 heteroatoms. The van der Waals surface area contributed by atoms with Gasteiger partial charge < -0.3 is 9.55 Å². The van der Waals surface area contributed by atoms with Gasteiger partial charge in [0, 0.05) is 24.0 Å². The second-order valence-electron chi connectivity index (χ2n) is 5.47. The van der Waals surface area contributed by atoms with Crippen molar-refractivity contribution in [3.05, 3.63) is 78.2 Å². The fourth-order valence-electron chi connectivity index (χ4n) is 2.82. The summed E-state index contributed by atoms with van der Waals surface area (Å²) in [4.78, 5) is 7.47. The first-order valence-electron chi connectivity index (χ1n) is 7.36. The van der Waals surface area contributed by atoms with Crippen LogP contribution in [0.1, 0.15) is 11.3 Å². The molecule has 1 radical (unpaired) electrons. The molecular formula is C19H16N3. The van der Waals surface area contributed by atoms with Gasteiger partial charge in [-0.25, -0.2) is 4.98 Å². The highest BCUT2D eigenvalue weighted by molar-refractivity contribution is 5.75. The Balaban J connectivity index is 1.75. The lowest BCUT2D eigenvalue weighted by molar-refractivity contribution is 0.784. The van der Waals surface area contributed by atoms with Crippen LogP contribution in [0.5, 0.6) is 0 Å². The molecule has 2 heterocycles. The van der Waals surface area contributed by atoms with E-state index in [0.717, 1.165) is 23.3 Å². The van der Waals surface area contributed by atoms with Gasteiger partial charge in [-0.3, -0.25) is 0 Å². The van der Waals surface area contributed by atoms with E-state index in [1.807, 2.05) is 6.07 Å². The number of hydrogen-bond donors (Lipinski definition) is 1. The molecule has 0 aliphatic rings. The highest BCUT2D eigenvalue weighted by Crippen LogP contribution is 2.23. The Morgan fingerprint density at radius 1 is 1.14 bits per heavy atom. The van der Waals surface area contributed by atoms with E-state index in [-0.39, 0.29) is 0 Å². The van der Waals surface area contributed by atoms with Gasteiger partial charge in [0.05, 0.1) is 17.4 Å². The number of H-pyrrole nitrogens is 1. The second kappa shape index (κ2) is 5.19. The maximum atomic E-state index is 4.34. The summed E-state index contributed by atoms with van der Waals surface area (Å²) in [5, 5.41) is 0. The van der Waals surface area contributed by atoms with Crippen LogP contribution >= 0.6 is 0 Å². The van der Waals surface area contributed by atoms with E-state index in [2.05, 4.69) is 76.1 Å². The van der Waals surface area contributed by atoms with E-state index in [0.29, 0.717) is 0 Å². The number of aryl methyl sites for hydroxylation is 1. The summed E-state index contributed by atoms with van der Waals surface area (Å²) < 4.78 is 2.29. The average molecular weight is 286 g/mol. The molecule has 1 N–H and O–H groups in total. The van der Waals surface area contributed by atoms with E-state index >= 15 is 0 Å². The zero-order valence-corrected chi connectivity index (χ0v) is 12.4. The highest BCUT2D eigenvalue weighted by Gasteiger charge is 2.09. The Labute approximate surface area is 129 Å². The van der Waals surface area contributed by atoms with Gasteiger partial charge in [0.25, 0.3) is 0 Å². The molecule has 2 aromatic heterocycles. The average Bonchev–Trinajstić information content (AvgIpc) is 3.15. The van der Waals surface area contributed by atoms with Crippen LogP contribution in [0.2, 0.25) is 0 Å². The Morgan fingerprint density at radius 3 is 2.86 bits per heavy atom. The largest absolute Gasteiger partial charge is 0.345 e. The van der Waals surface area contributed by atoms with E-state index in [1.54, 1.807) is 6.33 Å². The smallest absolute Gasteiger partial charge is 0.0931 e. The molecule has 107 valence electrons. The van der Waals surface area contributed by atoms with E-state index in [1.165, 1.54) is 16.8 Å². The number of nitrogens with one attached hydrogen (secondary N) is 1. The van der Waals surface area contributed by atoms with Gasteiger partial charge in [-0.15, -0.1) is 0 Å². The number of rotatable bonds is 3. The molecule has 0 aliphatic heterocycles. The lowest BCUT2D eigenvalue weighted by Crippen LogP contribution is -2.03. The fraction of sp³-hybridized carbons (Fsp3) is 0.105. The minimum atomic E-state index is 0.822. The molecule has 0 saturated carbocycles. The van der Waals surface area contributed by atoms with E-state index < -0.39 is 0 Å². The summed E-state index contributed by atoms with van der Waals surface area (Å²) in [6, 6.07) is 22.2. The van der Waals surface area contributed by atoms with Crippen LogP contribution in [0.15, 0.2) is 60.9 Å². The molecule has 3 nitrogen and oxygen atoms in total. The molecule has 0 saturated heterocycles. The van der Waals surface area contributed by atoms with Crippen LogP contribution in [-0.2, 0) is 6.54 Å². The van der Waals surface area contributed by atoms with Gasteiger partial charge in [0.2, 0.25) is 0 Å². The van der Waals surface area contributed by atoms with Gasteiger partial charge in [-0.05, 0) is 36.2 Å². The minimum Gasteiger partial charge on any atom is -0.345 e. The monoisotopic (exact) mass is 286 g/mol. The predicted molar refractivity (Wildman–Crippen MR) is 88.6 cm³/mol. The van der Waals surface area contributed by atoms with Crippen molar-refractivity contribution < 1.29 is 0 Å². The third-order valence-electron chi connectivity index (χ3n) is 4.01. The maximum absolute atomic E-state index is 4.34. The summed E-state index contributed by atoms with van der Waals surface area (Å²) in [5.74, 6) is 0. The third kappa shape index (κ3) is 2.21. The molecule has 0 bridgehead atoms. The van der Waals surface area contributed by atoms with Crippen molar-refractivity contribution in [3.63, 3.8) is 0 Å². The van der Waals surface area contributed by atoms with Gasteiger partial charge in [-0.2, -0.15) is 0 Å². The lowest BCUT2D eigenvalue weighted by atomic mass is 10.1. The maximum Gasteiger partial charge on any atom is 0.0931 e. The summed E-state index contributed by atoms with van der Waals surface area (Å²) in [7, 11) is 0. The van der Waals surface area contributed by atoms with Crippen molar-refractivity contribution in [1.29, 1.82) is 0 Å². The molecule has 4 rings (SSSR count). The summed E-state index contributed by atoms with van der Waals surface area (Å²) in [5.41, 5.74) is 6.87. The molecule has 22 heavy (non-hydrogen) atoms. The lowest BCUT2D eigenvalue weighted by Gasteiger charge is -2.12. The molecule has 0 aliphatic carbocycles. The number of hydrogen-bond acceptors (Lipinski definition) is 1. The van der Waals surface area contributed by atoms with Crippen LogP contribution in [0, 0.1) is 13.0 Å². The van der Waals surface area contributed by atoms with Crippen LogP contribution in [0.25, 0.3) is 22.3 Å². The Bertz CT molecular complexity index is 916. The zero-order valence-electron chi connectivity index (χ0n) is 12.4. The van der Waals surface area contributed by atoms with Crippen molar-refractivity contribution in [3.8, 4) is 11.3 Å².